The molecule has 0 spiro atoms. The maximum atomic E-state index is 10.2. The van der Waals surface area contributed by atoms with Crippen LogP contribution in [0.25, 0.3) is 25.6 Å². The third-order valence-electron chi connectivity index (χ3n) is 7.54. The van der Waals surface area contributed by atoms with Crippen LogP contribution in [0.5, 0.6) is 23.0 Å². The van der Waals surface area contributed by atoms with E-state index in [2.05, 4.69) is 33.6 Å². The number of phenols is 2. The first-order valence-corrected chi connectivity index (χ1v) is 13.1. The van der Waals surface area contributed by atoms with Gasteiger partial charge in [-0.05, 0) is 134 Å². The summed E-state index contributed by atoms with van der Waals surface area (Å²) < 4.78 is 5.95. The molecule has 4 aromatic carbocycles. The molecule has 0 radical (unpaired) electrons. The second-order valence-electron chi connectivity index (χ2n) is 10.0. The predicted octanol–water partition coefficient (Wildman–Crippen LogP) is 6.61. The number of aromatic hydroxyl groups is 2. The van der Waals surface area contributed by atoms with Gasteiger partial charge in [0.2, 0.25) is 0 Å². The highest BCUT2D eigenvalue weighted by Gasteiger charge is 2.08. The van der Waals surface area contributed by atoms with E-state index in [1.54, 1.807) is 12.4 Å². The maximum absolute atomic E-state index is 10.2. The number of azo groups is 2. The quantitative estimate of drug-likeness (QED) is 0.266. The Hall–Kier alpha value is -5.04. The molecule has 0 atom stereocenters. The van der Waals surface area contributed by atoms with E-state index >= 15 is 0 Å². The van der Waals surface area contributed by atoms with E-state index in [0.717, 1.165) is 54.3 Å². The Morgan fingerprint density at radius 3 is 1.22 bits per heavy atom. The summed E-state index contributed by atoms with van der Waals surface area (Å²) in [6.45, 7) is 19.5. The van der Waals surface area contributed by atoms with Crippen molar-refractivity contribution in [1.29, 1.82) is 0 Å². The standard InChI is InChI=1S/C34H34N4O3/c1-19-23(5)33(39)24(6)20(2)31(19)17-35-37-27-9-13-29(14-10-27)41-30-15-11-28(12-16-30)38-36-18-32-21(3)25(7)34(40)26(8)22(32)4/h9-18,39-40H,1,3H2,2,4-8H3. The van der Waals surface area contributed by atoms with Gasteiger partial charge >= 0.3 is 0 Å². The average Bonchev–Trinajstić information content (AvgIpc) is 2.98. The van der Waals surface area contributed by atoms with Crippen molar-refractivity contribution in [2.24, 2.45) is 20.5 Å². The lowest BCUT2D eigenvalue weighted by atomic mass is 10.0. The SMILES string of the molecule is C=c1c(C)c(O)c(C)c(C)c1=CN=Nc1ccc(Oc2ccc(N=NC=c3c(C)c(C)c(O)c(C)c3=C)cc2)cc1. The molecule has 0 saturated carbocycles. The van der Waals surface area contributed by atoms with Crippen molar-refractivity contribution in [2.75, 3.05) is 0 Å². The van der Waals surface area contributed by atoms with Crippen molar-refractivity contribution >= 4 is 36.9 Å². The van der Waals surface area contributed by atoms with Crippen LogP contribution in [0.1, 0.15) is 33.4 Å². The Kier molecular flexibility index (Phi) is 8.48. The molecule has 0 aromatic heterocycles. The van der Waals surface area contributed by atoms with Gasteiger partial charge in [-0.1, -0.05) is 13.2 Å². The molecule has 7 heteroatoms. The van der Waals surface area contributed by atoms with Gasteiger partial charge < -0.3 is 14.9 Å². The minimum Gasteiger partial charge on any atom is -0.507 e. The molecular weight excluding hydrogens is 512 g/mol. The van der Waals surface area contributed by atoms with Crippen LogP contribution < -0.4 is 25.6 Å². The molecule has 4 aromatic rings. The van der Waals surface area contributed by atoms with Crippen LogP contribution in [0.15, 0.2) is 69.0 Å². The van der Waals surface area contributed by atoms with Crippen LogP contribution in [0.3, 0.4) is 0 Å². The van der Waals surface area contributed by atoms with Crippen LogP contribution in [0.4, 0.5) is 11.4 Å². The van der Waals surface area contributed by atoms with Crippen LogP contribution in [-0.2, 0) is 0 Å². The fraction of sp³-hybridized carbons (Fsp3) is 0.176. The highest BCUT2D eigenvalue weighted by molar-refractivity contribution is 5.50. The van der Waals surface area contributed by atoms with E-state index in [0.29, 0.717) is 22.9 Å². The summed E-state index contributed by atoms with van der Waals surface area (Å²) in [7, 11) is 0. The van der Waals surface area contributed by atoms with Crippen molar-refractivity contribution in [2.45, 2.75) is 41.5 Å². The topological polar surface area (TPSA) is 99.1 Å². The van der Waals surface area contributed by atoms with Gasteiger partial charge in [-0.2, -0.15) is 20.5 Å². The monoisotopic (exact) mass is 546 g/mol. The van der Waals surface area contributed by atoms with Gasteiger partial charge in [-0.15, -0.1) is 0 Å². The molecule has 0 aliphatic rings. The molecule has 0 fully saturated rings. The van der Waals surface area contributed by atoms with Crippen molar-refractivity contribution < 1.29 is 14.9 Å². The predicted molar refractivity (Wildman–Crippen MR) is 165 cm³/mol. The van der Waals surface area contributed by atoms with E-state index < -0.39 is 0 Å². The number of phenolic OH excluding ortho intramolecular Hbond substituents is 2. The van der Waals surface area contributed by atoms with Crippen LogP contribution in [0.2, 0.25) is 0 Å². The molecule has 4 rings (SSSR count). The van der Waals surface area contributed by atoms with E-state index in [1.807, 2.05) is 90.1 Å². The Balaban J connectivity index is 1.44. The summed E-state index contributed by atoms with van der Waals surface area (Å²) in [5.41, 5.74) is 6.32. The third kappa shape index (κ3) is 6.09. The van der Waals surface area contributed by atoms with Gasteiger partial charge in [0.05, 0.1) is 23.8 Å². The molecule has 0 aliphatic carbocycles. The molecule has 0 unspecified atom stereocenters. The van der Waals surface area contributed by atoms with Gasteiger partial charge in [0.25, 0.3) is 0 Å². The highest BCUT2D eigenvalue weighted by Crippen LogP contribution is 2.26. The van der Waals surface area contributed by atoms with Crippen LogP contribution in [-0.4, -0.2) is 10.2 Å². The first-order chi connectivity index (χ1) is 19.5. The lowest BCUT2D eigenvalue weighted by molar-refractivity contribution is 0.465. The lowest BCUT2D eigenvalue weighted by Gasteiger charge is -2.08. The molecule has 2 N–H and O–H groups in total. The zero-order valence-corrected chi connectivity index (χ0v) is 24.3. The summed E-state index contributed by atoms with van der Waals surface area (Å²) in [4.78, 5) is 0. The number of hydrogen-bond acceptors (Lipinski definition) is 7. The summed E-state index contributed by atoms with van der Waals surface area (Å²) in [6, 6.07) is 14.6. The fourth-order valence-electron chi connectivity index (χ4n) is 4.42. The van der Waals surface area contributed by atoms with E-state index in [9.17, 15) is 10.2 Å². The van der Waals surface area contributed by atoms with E-state index in [-0.39, 0.29) is 11.5 Å². The third-order valence-corrected chi connectivity index (χ3v) is 7.54. The van der Waals surface area contributed by atoms with Gasteiger partial charge in [0.1, 0.15) is 23.0 Å². The normalized spacial score (nSPS) is 12.6. The Bertz CT molecular complexity index is 1770. The smallest absolute Gasteiger partial charge is 0.127 e. The zero-order valence-electron chi connectivity index (χ0n) is 24.3. The van der Waals surface area contributed by atoms with Crippen molar-refractivity contribution in [3.63, 3.8) is 0 Å². The molecule has 208 valence electrons. The minimum absolute atomic E-state index is 0.272. The average molecular weight is 547 g/mol. The molecule has 0 aliphatic heterocycles. The molecule has 0 saturated heterocycles. The minimum atomic E-state index is 0.272. The summed E-state index contributed by atoms with van der Waals surface area (Å²) in [6.07, 6.45) is 3.34. The molecule has 7 nitrogen and oxygen atoms in total. The van der Waals surface area contributed by atoms with Crippen LogP contribution in [0, 0.1) is 41.5 Å². The van der Waals surface area contributed by atoms with Crippen molar-refractivity contribution in [3.05, 3.63) is 103 Å². The fourth-order valence-corrected chi connectivity index (χ4v) is 4.42. The lowest BCUT2D eigenvalue weighted by Crippen LogP contribution is -2.29. The van der Waals surface area contributed by atoms with Gasteiger partial charge in [0.15, 0.2) is 0 Å². The molecule has 0 amide bonds. The summed E-state index contributed by atoms with van der Waals surface area (Å²) in [5, 5.41) is 40.7. The van der Waals surface area contributed by atoms with E-state index in [4.69, 9.17) is 4.74 Å². The Labute approximate surface area is 239 Å². The second-order valence-corrected chi connectivity index (χ2v) is 10.0. The number of ether oxygens (including phenoxy) is 1. The van der Waals surface area contributed by atoms with E-state index in [1.165, 1.54) is 0 Å². The van der Waals surface area contributed by atoms with Gasteiger partial charge in [-0.25, -0.2) is 0 Å². The molecular formula is C34H34N4O3. The number of nitrogens with zero attached hydrogens (tertiary/aromatic N) is 4. The highest BCUT2D eigenvalue weighted by atomic mass is 16.5. The van der Waals surface area contributed by atoms with Crippen molar-refractivity contribution in [1.82, 2.24) is 0 Å². The maximum Gasteiger partial charge on any atom is 0.127 e. The summed E-state index contributed by atoms with van der Waals surface area (Å²) in [5.74, 6) is 1.86. The number of rotatable bonds is 6. The molecule has 41 heavy (non-hydrogen) atoms. The Morgan fingerprint density at radius 2 is 0.878 bits per heavy atom. The van der Waals surface area contributed by atoms with Gasteiger partial charge in [-0.3, -0.25) is 0 Å². The first kappa shape index (κ1) is 29.0. The second kappa shape index (κ2) is 12.0. The molecule has 0 heterocycles. The Morgan fingerprint density at radius 1 is 0.537 bits per heavy atom. The van der Waals surface area contributed by atoms with Gasteiger partial charge in [0, 0.05) is 10.4 Å². The van der Waals surface area contributed by atoms with Crippen LogP contribution >= 0.6 is 0 Å². The molecule has 0 bridgehead atoms. The number of hydrogen-bond donors (Lipinski definition) is 2. The largest absolute Gasteiger partial charge is 0.507 e. The number of benzene rings is 4. The first-order valence-electron chi connectivity index (χ1n) is 13.1. The summed E-state index contributed by atoms with van der Waals surface area (Å²) >= 11 is 0. The van der Waals surface area contributed by atoms with Crippen molar-refractivity contribution in [3.8, 4) is 23.0 Å². The zero-order chi connectivity index (χ0) is 29.8.